The molecule has 0 amide bonds. The molecule has 2 saturated heterocycles. The van der Waals surface area contributed by atoms with Crippen LogP contribution in [0.5, 0.6) is 40.2 Å². The number of nitrogens with two attached hydrogens (primary N) is 1. The predicted octanol–water partition coefficient (Wildman–Crippen LogP) is 9.77. The smallest absolute Gasteiger partial charge is 0.167 e. The maximum atomic E-state index is 14.4. The number of rotatable bonds is 11. The van der Waals surface area contributed by atoms with E-state index in [1.807, 2.05) is 109 Å². The zero-order chi connectivity index (χ0) is 46.6. The second kappa shape index (κ2) is 17.5. The van der Waals surface area contributed by atoms with E-state index in [-0.39, 0.29) is 18.3 Å². The van der Waals surface area contributed by atoms with Gasteiger partial charge in [0.2, 0.25) is 0 Å². The molecule has 0 aliphatic carbocycles. The third kappa shape index (κ3) is 7.30. The number of benzene rings is 6. The van der Waals surface area contributed by atoms with Gasteiger partial charge in [-0.1, -0.05) is 78.9 Å². The summed E-state index contributed by atoms with van der Waals surface area (Å²) in [4.78, 5) is 13.5. The van der Waals surface area contributed by atoms with Crippen LogP contribution in [0, 0.1) is 0 Å². The van der Waals surface area contributed by atoms with Crippen molar-refractivity contribution in [1.82, 2.24) is 19.5 Å². The minimum Gasteiger partial charge on any atom is -0.497 e. The van der Waals surface area contributed by atoms with E-state index in [1.165, 1.54) is 6.33 Å². The number of imidazole rings is 1. The molecule has 7 atom stereocenters. The summed E-state index contributed by atoms with van der Waals surface area (Å²) < 4.78 is 54.0. The van der Waals surface area contributed by atoms with Gasteiger partial charge in [-0.2, -0.15) is 0 Å². The first kappa shape index (κ1) is 42.8. The van der Waals surface area contributed by atoms with Crippen molar-refractivity contribution in [2.24, 2.45) is 0 Å². The van der Waals surface area contributed by atoms with E-state index in [4.69, 9.17) is 43.6 Å². The summed E-state index contributed by atoms with van der Waals surface area (Å²) in [6.45, 7) is 0.375. The number of aromatic nitrogens is 4. The Morgan fingerprint density at radius 1 is 0.696 bits per heavy atom. The highest BCUT2D eigenvalue weighted by atomic mass is 16.7. The van der Waals surface area contributed by atoms with Gasteiger partial charge in [-0.15, -0.1) is 0 Å². The van der Waals surface area contributed by atoms with Crippen LogP contribution in [0.1, 0.15) is 76.3 Å². The Morgan fingerprint density at radius 3 is 1.97 bits per heavy atom. The van der Waals surface area contributed by atoms with Gasteiger partial charge in [0.1, 0.15) is 70.9 Å². The summed E-state index contributed by atoms with van der Waals surface area (Å²) >= 11 is 0. The summed E-state index contributed by atoms with van der Waals surface area (Å²) in [5, 5.41) is 14.4. The fourth-order valence-electron chi connectivity index (χ4n) is 10.6. The Balaban J connectivity index is 1.03. The molecule has 0 saturated carbocycles. The zero-order valence-electron chi connectivity index (χ0n) is 37.9. The van der Waals surface area contributed by atoms with Crippen LogP contribution in [-0.2, 0) is 19.8 Å². The molecule has 69 heavy (non-hydrogen) atoms. The van der Waals surface area contributed by atoms with Crippen LogP contribution in [0.4, 0.5) is 5.82 Å². The van der Waals surface area contributed by atoms with Crippen molar-refractivity contribution in [3.8, 4) is 40.2 Å². The van der Waals surface area contributed by atoms with Gasteiger partial charge in [-0.25, -0.2) is 15.0 Å². The molecule has 12 rings (SSSR count). The van der Waals surface area contributed by atoms with Crippen LogP contribution >= 0.6 is 0 Å². The number of nitrogen functional groups attached to an aromatic ring is 1. The van der Waals surface area contributed by atoms with Crippen molar-refractivity contribution in [3.63, 3.8) is 0 Å². The number of fused-ring (bicyclic) bond motifs is 5. The molecule has 4 aliphatic heterocycles. The van der Waals surface area contributed by atoms with Gasteiger partial charge < -0.3 is 48.7 Å². The van der Waals surface area contributed by atoms with Gasteiger partial charge in [0.25, 0.3) is 0 Å². The topological polar surface area (TPSA) is 164 Å². The van der Waals surface area contributed by atoms with E-state index < -0.39 is 36.2 Å². The minimum atomic E-state index is -1.96. The largest absolute Gasteiger partial charge is 0.497 e. The van der Waals surface area contributed by atoms with Gasteiger partial charge in [-0.05, 0) is 90.6 Å². The van der Waals surface area contributed by atoms with E-state index >= 15 is 0 Å². The first-order chi connectivity index (χ1) is 33.9. The molecule has 4 aliphatic rings. The molecular formula is C55H49N5O9. The van der Waals surface area contributed by atoms with Crippen LogP contribution in [0.25, 0.3) is 11.2 Å². The molecule has 14 heteroatoms. The van der Waals surface area contributed by atoms with E-state index in [9.17, 15) is 5.11 Å². The normalized spacial score (nSPS) is 23.4. The Kier molecular flexibility index (Phi) is 10.9. The Labute approximate surface area is 398 Å². The maximum absolute atomic E-state index is 14.4. The molecule has 6 aromatic carbocycles. The lowest BCUT2D eigenvalue weighted by Crippen LogP contribution is -2.50. The van der Waals surface area contributed by atoms with Crippen LogP contribution in [0.2, 0.25) is 0 Å². The molecule has 348 valence electrons. The highest BCUT2D eigenvalue weighted by Crippen LogP contribution is 2.56. The number of nitrogens with zero attached hydrogens (tertiary/aromatic N) is 4. The molecule has 14 nitrogen and oxygen atoms in total. The van der Waals surface area contributed by atoms with Crippen LogP contribution in [0.15, 0.2) is 146 Å². The fourth-order valence-corrected chi connectivity index (χ4v) is 10.6. The summed E-state index contributed by atoms with van der Waals surface area (Å²) in [5.41, 5.74) is 11.2. The van der Waals surface area contributed by atoms with Crippen molar-refractivity contribution in [3.05, 3.63) is 185 Å². The van der Waals surface area contributed by atoms with Crippen LogP contribution in [-0.4, -0.2) is 70.6 Å². The number of aliphatic hydroxyl groups is 1. The number of hydrogen-bond donors (Lipinski definition) is 2. The summed E-state index contributed by atoms with van der Waals surface area (Å²) in [6, 6.07) is 43.6. The van der Waals surface area contributed by atoms with Crippen molar-refractivity contribution in [2.45, 2.75) is 61.4 Å². The van der Waals surface area contributed by atoms with Gasteiger partial charge in [0.05, 0.1) is 20.5 Å². The van der Waals surface area contributed by atoms with Gasteiger partial charge in [0, 0.05) is 40.7 Å². The number of para-hydroxylation sites is 2. The van der Waals surface area contributed by atoms with E-state index in [2.05, 4.69) is 39.2 Å². The third-order valence-corrected chi connectivity index (χ3v) is 13.9. The van der Waals surface area contributed by atoms with E-state index in [1.54, 1.807) is 25.1 Å². The first-order valence-electron chi connectivity index (χ1n) is 23.2. The third-order valence-electron chi connectivity index (χ3n) is 13.9. The van der Waals surface area contributed by atoms with Gasteiger partial charge >= 0.3 is 0 Å². The second-order valence-electron chi connectivity index (χ2n) is 17.7. The Morgan fingerprint density at radius 2 is 1.32 bits per heavy atom. The summed E-state index contributed by atoms with van der Waals surface area (Å²) in [5.74, 6) is 4.28. The quantitative estimate of drug-likeness (QED) is 0.126. The number of methoxy groups -OCH3 is 2. The van der Waals surface area contributed by atoms with Crippen molar-refractivity contribution in [2.75, 3.05) is 33.2 Å². The zero-order valence-corrected chi connectivity index (χ0v) is 37.9. The molecule has 0 bridgehead atoms. The molecule has 3 unspecified atom stereocenters. The van der Waals surface area contributed by atoms with Crippen molar-refractivity contribution in [1.29, 1.82) is 0 Å². The molecule has 3 N–H and O–H groups in total. The highest BCUT2D eigenvalue weighted by Gasteiger charge is 2.61. The lowest BCUT2D eigenvalue weighted by atomic mass is 9.74. The molecule has 6 heterocycles. The molecular weight excluding hydrogens is 875 g/mol. The number of anilines is 1. The molecule has 8 aromatic rings. The van der Waals surface area contributed by atoms with Crippen molar-refractivity contribution < 1.29 is 43.0 Å². The van der Waals surface area contributed by atoms with Crippen LogP contribution in [0.3, 0.4) is 0 Å². The highest BCUT2D eigenvalue weighted by molar-refractivity contribution is 5.81. The van der Waals surface area contributed by atoms with Gasteiger partial charge in [0.15, 0.2) is 29.6 Å². The fraction of sp³-hybridized carbons (Fsp3) is 0.255. The molecule has 2 aromatic heterocycles. The molecule has 0 radical (unpaired) electrons. The first-order valence-corrected chi connectivity index (χ1v) is 23.2. The van der Waals surface area contributed by atoms with Crippen LogP contribution < -0.4 is 29.4 Å². The lowest BCUT2D eigenvalue weighted by Gasteiger charge is -2.40. The standard InChI is InChI=1S/C55H49N5O9/c1-62-34-24-20-32(21-25-34)46-36-11-3-5-14-39(36)66-42-17-9-13-38(48(42)46)55(61)44(68-54(51(55)69-45-19-7-8-28-64-45)60-31-59-50-52(56)57-30-58-53(50)60)29-65-41-16-10-18-43-49(41)47(33-22-26-35(63-2)27-23-33)37-12-4-6-15-40(37)67-43/h3-6,9-18,20-27,30-31,44-47,51,54,61H,7-8,19,28-29H2,1-2H3,(H2,56,57,58)/t44-,45?,46?,47?,51+,54-,55-/m1/s1. The monoisotopic (exact) mass is 923 g/mol. The Hall–Kier alpha value is -7.49. The SMILES string of the molecule is COc1ccc(C2c3ccccc3Oc3cccc(OC[C@H]4O[C@@H](n5cnc6c(N)ncnc65)[C@H](OC5CCCCO5)[C@@]4(O)c4cccc5c4C(c4ccc(OC)cc4)c4ccccc4O5)c32)cc1. The average Bonchev–Trinajstić information content (AvgIpc) is 3.95. The number of ether oxygens (including phenoxy) is 8. The summed E-state index contributed by atoms with van der Waals surface area (Å²) in [7, 11) is 3.31. The van der Waals surface area contributed by atoms with Crippen molar-refractivity contribution >= 4 is 17.0 Å². The summed E-state index contributed by atoms with van der Waals surface area (Å²) in [6.07, 6.45) is 1.48. The molecule has 0 spiro atoms. The molecule has 2 fully saturated rings. The lowest BCUT2D eigenvalue weighted by molar-refractivity contribution is -0.233. The Bertz CT molecular complexity index is 3180. The maximum Gasteiger partial charge on any atom is 0.167 e. The predicted molar refractivity (Wildman–Crippen MR) is 255 cm³/mol. The second-order valence-corrected chi connectivity index (χ2v) is 17.7. The van der Waals surface area contributed by atoms with Gasteiger partial charge in [-0.3, -0.25) is 4.57 Å². The number of hydrogen-bond acceptors (Lipinski definition) is 13. The minimum absolute atomic E-state index is 0.135. The van der Waals surface area contributed by atoms with E-state index in [0.717, 1.165) is 63.5 Å². The van der Waals surface area contributed by atoms with E-state index in [0.29, 0.717) is 52.8 Å². The average molecular weight is 924 g/mol.